The number of nitriles is 2. The lowest BCUT2D eigenvalue weighted by atomic mass is 9.81. The second kappa shape index (κ2) is 30.4. The highest BCUT2D eigenvalue weighted by Crippen LogP contribution is 2.45. The van der Waals surface area contributed by atoms with E-state index in [0.29, 0.717) is 22.3 Å². The van der Waals surface area contributed by atoms with Crippen LogP contribution in [-0.2, 0) is 22.3 Å². The first-order valence-electron chi connectivity index (χ1n) is 25.5. The number of rotatable bonds is 30. The monoisotopic (exact) mass is 941 g/mol. The van der Waals surface area contributed by atoms with E-state index in [4.69, 9.17) is 9.47 Å². The summed E-state index contributed by atoms with van der Waals surface area (Å²) in [4.78, 5) is 34.7. The molecule has 0 aromatic heterocycles. The summed E-state index contributed by atoms with van der Waals surface area (Å²) in [6.07, 6.45) is 23.4. The number of hydrogen-bond donors (Lipinski definition) is 0. The van der Waals surface area contributed by atoms with Crippen molar-refractivity contribution in [1.82, 2.24) is 0 Å². The molecule has 0 aliphatic heterocycles. The van der Waals surface area contributed by atoms with E-state index < -0.39 is 24.1 Å². The topological polar surface area (TPSA) is 198 Å². The van der Waals surface area contributed by atoms with Gasteiger partial charge < -0.3 is 9.47 Å². The van der Waals surface area contributed by atoms with Crippen molar-refractivity contribution in [2.75, 3.05) is 0 Å². The highest BCUT2D eigenvalue weighted by Gasteiger charge is 2.41. The average molecular weight is 941 g/mol. The van der Waals surface area contributed by atoms with Crippen molar-refractivity contribution in [3.8, 4) is 12.1 Å². The molecule has 2 atom stereocenters. The van der Waals surface area contributed by atoms with Gasteiger partial charge in [0.2, 0.25) is 0 Å². The number of carbonyl (C=O) groups is 2. The minimum absolute atomic E-state index is 0.0640. The molecule has 2 unspecified atom stereocenters. The number of nitrogens with zero attached hydrogens (tertiary/aromatic N) is 8. The zero-order chi connectivity index (χ0) is 49.8. The average Bonchev–Trinajstić information content (AvgIpc) is 3.39. The Hall–Kier alpha value is -7.10. The van der Waals surface area contributed by atoms with Gasteiger partial charge in [-0.2, -0.15) is 10.5 Å². The molecule has 12 heteroatoms. The minimum Gasteiger partial charge on any atom is -0.449 e. The molecule has 12 nitrogen and oxygen atoms in total. The van der Waals surface area contributed by atoms with Crippen LogP contribution in [-0.4, -0.2) is 24.1 Å². The lowest BCUT2D eigenvalue weighted by Crippen LogP contribution is -2.34. The van der Waals surface area contributed by atoms with Gasteiger partial charge in [0.05, 0.1) is 45.8 Å². The first-order chi connectivity index (χ1) is 34.3. The highest BCUT2D eigenvalue weighted by molar-refractivity contribution is 5.96. The van der Waals surface area contributed by atoms with E-state index in [2.05, 4.69) is 46.0 Å². The fourth-order valence-electron chi connectivity index (χ4n) is 9.01. The molecular weight excluding hydrogens is 873 g/mol. The molecule has 0 radical (unpaired) electrons. The Labute approximate surface area is 414 Å². The highest BCUT2D eigenvalue weighted by atomic mass is 16.6. The second-order valence-electron chi connectivity index (χ2n) is 18.2. The van der Waals surface area contributed by atoms with Gasteiger partial charge in [0.1, 0.15) is 0 Å². The lowest BCUT2D eigenvalue weighted by Gasteiger charge is -2.35. The number of benzene rings is 4. The summed E-state index contributed by atoms with van der Waals surface area (Å²) in [7, 11) is 0. The number of unbranched alkanes of at least 4 members (excludes halogenated alkanes) is 18. The van der Waals surface area contributed by atoms with Crippen LogP contribution in [0, 0.1) is 22.7 Å². The van der Waals surface area contributed by atoms with Gasteiger partial charge in [-0.05, 0) is 108 Å². The SMILES string of the molecule is CCCCCCCCCCCCc1ccc(C2=C(N=[N+]=[N-])C(OC(=O)c3ccc(C#N)cc3)C(c3ccc(CCCCCCCCCCCC)cc3)=C(N=[N+]=[N-])C2OC(=O)c2ccc(C#N)cc2)cc1. The molecule has 0 saturated carbocycles. The van der Waals surface area contributed by atoms with Crippen molar-refractivity contribution in [2.45, 2.75) is 167 Å². The van der Waals surface area contributed by atoms with E-state index in [-0.39, 0.29) is 33.7 Å². The number of carbonyl (C=O) groups excluding carboxylic acids is 2. The number of hydrogen-bond acceptors (Lipinski definition) is 8. The number of ether oxygens (including phenoxy) is 2. The van der Waals surface area contributed by atoms with Crippen LogP contribution in [0.4, 0.5) is 0 Å². The molecule has 0 saturated heterocycles. The largest absolute Gasteiger partial charge is 0.449 e. The molecule has 70 heavy (non-hydrogen) atoms. The number of esters is 2. The fourth-order valence-corrected chi connectivity index (χ4v) is 9.01. The third kappa shape index (κ3) is 16.6. The molecule has 364 valence electrons. The summed E-state index contributed by atoms with van der Waals surface area (Å²) < 4.78 is 12.7. The molecular formula is C58H68N8O4. The smallest absolute Gasteiger partial charge is 0.339 e. The maximum Gasteiger partial charge on any atom is 0.339 e. The van der Waals surface area contributed by atoms with E-state index in [1.165, 1.54) is 151 Å². The number of azide groups is 2. The second-order valence-corrected chi connectivity index (χ2v) is 18.2. The van der Waals surface area contributed by atoms with E-state index in [1.54, 1.807) is 0 Å². The molecule has 0 N–H and O–H groups in total. The summed E-state index contributed by atoms with van der Waals surface area (Å²) >= 11 is 0. The quantitative estimate of drug-likeness (QED) is 0.0164. The van der Waals surface area contributed by atoms with Gasteiger partial charge in [-0.15, -0.1) is 0 Å². The van der Waals surface area contributed by atoms with Crippen molar-refractivity contribution in [2.24, 2.45) is 10.2 Å². The molecule has 0 amide bonds. The van der Waals surface area contributed by atoms with E-state index in [0.717, 1.165) is 49.7 Å². The molecule has 0 fully saturated rings. The summed E-state index contributed by atoms with van der Waals surface area (Å²) in [5.74, 6) is -1.59. The maximum absolute atomic E-state index is 14.2. The molecule has 5 rings (SSSR count). The van der Waals surface area contributed by atoms with Crippen LogP contribution in [0.1, 0.15) is 196 Å². The predicted molar refractivity (Wildman–Crippen MR) is 277 cm³/mol. The Morgan fingerprint density at radius 2 is 0.771 bits per heavy atom. The maximum atomic E-state index is 14.2. The number of aryl methyl sites for hydroxylation is 2. The van der Waals surface area contributed by atoms with Gasteiger partial charge in [0.15, 0.2) is 12.2 Å². The van der Waals surface area contributed by atoms with E-state index in [9.17, 15) is 31.2 Å². The molecule has 0 bridgehead atoms. The zero-order valence-corrected chi connectivity index (χ0v) is 41.2. The van der Waals surface area contributed by atoms with Crippen molar-refractivity contribution in [3.63, 3.8) is 0 Å². The minimum atomic E-state index is -1.45. The van der Waals surface area contributed by atoms with Crippen LogP contribution >= 0.6 is 0 Å². The summed E-state index contributed by atoms with van der Waals surface area (Å²) in [5.41, 5.74) is 24.8. The standard InChI is InChI=1S/C58H68N8O4/c1-3-5-7-9-11-13-15-17-19-21-23-43-25-33-47(34-26-43)51-53(63-65-61)56(70-58(68)50-39-31-46(42-60)32-40-50)52(54(64-66-62)55(51)69-57(67)49-37-29-45(41-59)30-38-49)48-35-27-44(28-36-48)24-22-20-18-16-14-12-10-8-6-4-2/h25-40,55-56H,3-24H2,1-2H3. The van der Waals surface area contributed by atoms with Gasteiger partial charge >= 0.3 is 11.9 Å². The third-order valence-corrected chi connectivity index (χ3v) is 13.0. The third-order valence-electron chi connectivity index (χ3n) is 13.0. The van der Waals surface area contributed by atoms with Crippen LogP contribution in [0.2, 0.25) is 0 Å². The van der Waals surface area contributed by atoms with Crippen LogP contribution in [0.5, 0.6) is 0 Å². The molecule has 0 spiro atoms. The van der Waals surface area contributed by atoms with Crippen molar-refractivity contribution in [1.29, 1.82) is 10.5 Å². The summed E-state index contributed by atoms with van der Waals surface area (Å²) in [6.45, 7) is 4.47. The van der Waals surface area contributed by atoms with Crippen molar-refractivity contribution < 1.29 is 19.1 Å². The Balaban J connectivity index is 1.52. The van der Waals surface area contributed by atoms with E-state index in [1.807, 2.05) is 48.5 Å². The normalized spacial score (nSPS) is 14.2. The molecule has 4 aromatic rings. The molecule has 1 aliphatic rings. The molecule has 4 aromatic carbocycles. The van der Waals surface area contributed by atoms with Crippen LogP contribution < -0.4 is 0 Å². The van der Waals surface area contributed by atoms with Crippen LogP contribution in [0.25, 0.3) is 32.0 Å². The van der Waals surface area contributed by atoms with E-state index >= 15 is 0 Å². The van der Waals surface area contributed by atoms with Gasteiger partial charge in [0, 0.05) is 21.0 Å². The first kappa shape index (κ1) is 53.8. The Bertz CT molecular complexity index is 2360. The van der Waals surface area contributed by atoms with Gasteiger partial charge in [-0.3, -0.25) is 0 Å². The van der Waals surface area contributed by atoms with Crippen molar-refractivity contribution >= 4 is 23.1 Å². The lowest BCUT2D eigenvalue weighted by molar-refractivity contribution is 0.0403. The first-order valence-corrected chi connectivity index (χ1v) is 25.5. The summed E-state index contributed by atoms with van der Waals surface area (Å²) in [5, 5.41) is 27.3. The zero-order valence-electron chi connectivity index (χ0n) is 41.2. The molecule has 0 heterocycles. The Morgan fingerprint density at radius 3 is 1.06 bits per heavy atom. The van der Waals surface area contributed by atoms with Crippen LogP contribution in [0.15, 0.2) is 119 Å². The van der Waals surface area contributed by atoms with Gasteiger partial charge in [-0.25, -0.2) is 9.59 Å². The fraction of sp³-hybridized carbons (Fsp3) is 0.448. The van der Waals surface area contributed by atoms with Crippen LogP contribution in [0.3, 0.4) is 0 Å². The Morgan fingerprint density at radius 1 is 0.471 bits per heavy atom. The Kier molecular flexibility index (Phi) is 23.4. The van der Waals surface area contributed by atoms with Gasteiger partial charge in [-0.1, -0.05) is 188 Å². The molecule has 1 aliphatic carbocycles. The summed E-state index contributed by atoms with van der Waals surface area (Å²) in [6, 6.07) is 31.2. The predicted octanol–water partition coefficient (Wildman–Crippen LogP) is 16.6. The van der Waals surface area contributed by atoms with Gasteiger partial charge in [0.25, 0.3) is 0 Å². The van der Waals surface area contributed by atoms with Crippen molar-refractivity contribution in [3.05, 3.63) is 174 Å².